The molecule has 1 atom stereocenters. The molecule has 0 bridgehead atoms. The Bertz CT molecular complexity index is 1400. The zero-order valence-electron chi connectivity index (χ0n) is 19.1. The third-order valence-electron chi connectivity index (χ3n) is 5.23. The highest BCUT2D eigenvalue weighted by Gasteiger charge is 2.22. The molecule has 0 saturated heterocycles. The smallest absolute Gasteiger partial charge is 0.475 e. The SMILES string of the molecule is COP(=O)(O)OC[n+]1cccc(-c2cc(Cc3ccc(COc4cc(F)ccc4F)cc3)no2)c1N. The van der Waals surface area contributed by atoms with Crippen LogP contribution in [0.25, 0.3) is 11.3 Å². The van der Waals surface area contributed by atoms with Crippen LogP contribution in [0.3, 0.4) is 0 Å². The molecule has 3 N–H and O–H groups in total. The minimum Gasteiger partial charge on any atom is -0.486 e. The number of nitrogen functional groups attached to an aromatic ring is 1. The van der Waals surface area contributed by atoms with Gasteiger partial charge in [0.15, 0.2) is 17.3 Å². The van der Waals surface area contributed by atoms with Crippen LogP contribution in [0, 0.1) is 11.6 Å². The molecule has 1 unspecified atom stereocenters. The number of rotatable bonds is 10. The molecule has 12 heteroatoms. The molecule has 2 aromatic carbocycles. The van der Waals surface area contributed by atoms with E-state index in [1.807, 2.05) is 24.3 Å². The molecule has 0 saturated carbocycles. The predicted molar refractivity (Wildman–Crippen MR) is 124 cm³/mol. The summed E-state index contributed by atoms with van der Waals surface area (Å²) < 4.78 is 60.0. The lowest BCUT2D eigenvalue weighted by molar-refractivity contribution is -0.711. The third kappa shape index (κ3) is 6.32. The highest BCUT2D eigenvalue weighted by molar-refractivity contribution is 7.47. The maximum atomic E-state index is 13.7. The van der Waals surface area contributed by atoms with E-state index in [2.05, 4.69) is 9.68 Å². The van der Waals surface area contributed by atoms with Crippen LogP contribution in [-0.4, -0.2) is 17.2 Å². The normalized spacial score (nSPS) is 12.9. The van der Waals surface area contributed by atoms with Crippen LogP contribution < -0.4 is 15.0 Å². The van der Waals surface area contributed by atoms with Gasteiger partial charge in [-0.1, -0.05) is 29.4 Å². The lowest BCUT2D eigenvalue weighted by Crippen LogP contribution is -2.38. The summed E-state index contributed by atoms with van der Waals surface area (Å²) in [6.45, 7) is -0.216. The van der Waals surface area contributed by atoms with Crippen molar-refractivity contribution in [2.24, 2.45) is 0 Å². The molecule has 2 heterocycles. The quantitative estimate of drug-likeness (QED) is 0.234. The summed E-state index contributed by atoms with van der Waals surface area (Å²) in [5.74, 6) is -0.689. The Morgan fingerprint density at radius 3 is 2.61 bits per heavy atom. The Labute approximate surface area is 205 Å². The second-order valence-corrected chi connectivity index (χ2v) is 9.29. The van der Waals surface area contributed by atoms with Crippen LogP contribution in [-0.2, 0) is 33.4 Å². The number of ether oxygens (including phenoxy) is 1. The number of nitrogens with two attached hydrogens (primary N) is 1. The van der Waals surface area contributed by atoms with Gasteiger partial charge in [-0.15, -0.1) is 0 Å². The molecule has 0 spiro atoms. The Hall–Kier alpha value is -3.63. The zero-order valence-corrected chi connectivity index (χ0v) is 20.0. The van der Waals surface area contributed by atoms with Crippen LogP contribution in [0.2, 0.25) is 0 Å². The average molecular weight is 518 g/mol. The first-order valence-corrected chi connectivity index (χ1v) is 12.2. The van der Waals surface area contributed by atoms with E-state index in [1.54, 1.807) is 24.4 Å². The number of phosphoric ester groups is 1. The van der Waals surface area contributed by atoms with Crippen molar-refractivity contribution >= 4 is 13.6 Å². The van der Waals surface area contributed by atoms with E-state index in [1.165, 1.54) is 4.57 Å². The fourth-order valence-electron chi connectivity index (χ4n) is 3.31. The van der Waals surface area contributed by atoms with Gasteiger partial charge < -0.3 is 14.2 Å². The molecule has 0 aliphatic heterocycles. The van der Waals surface area contributed by atoms with Crippen molar-refractivity contribution in [2.45, 2.75) is 19.8 Å². The van der Waals surface area contributed by atoms with Gasteiger partial charge >= 0.3 is 7.82 Å². The number of halogens is 2. The van der Waals surface area contributed by atoms with Gasteiger partial charge in [0.2, 0.25) is 6.73 Å². The van der Waals surface area contributed by atoms with Crippen molar-refractivity contribution in [3.05, 3.63) is 95.3 Å². The summed E-state index contributed by atoms with van der Waals surface area (Å²) in [6, 6.07) is 15.6. The van der Waals surface area contributed by atoms with Crippen LogP contribution in [0.5, 0.6) is 5.75 Å². The standard InChI is InChI=1S/C24H22F2N3O6P/c1-32-36(30,31)34-15-29-10-2-3-20(24(29)27)22-13-19(28-35-22)11-16-4-6-17(7-5-16)14-33-23-12-18(25)8-9-21(23)26/h2-10,12-13,27H,11,14-15H2,1H3,(H,30,31)/p+1. The Balaban J connectivity index is 1.40. The van der Waals surface area contributed by atoms with E-state index in [0.717, 1.165) is 36.4 Å². The molecule has 188 valence electrons. The van der Waals surface area contributed by atoms with Gasteiger partial charge in [0, 0.05) is 25.7 Å². The topological polar surface area (TPSA) is 121 Å². The number of anilines is 1. The molecular weight excluding hydrogens is 495 g/mol. The summed E-state index contributed by atoms with van der Waals surface area (Å²) >= 11 is 0. The first-order chi connectivity index (χ1) is 17.2. The first-order valence-electron chi connectivity index (χ1n) is 10.7. The van der Waals surface area contributed by atoms with Crippen molar-refractivity contribution < 1.29 is 41.1 Å². The minimum absolute atomic E-state index is 0.0852. The van der Waals surface area contributed by atoms with Gasteiger partial charge in [0.1, 0.15) is 18.0 Å². The van der Waals surface area contributed by atoms with Gasteiger partial charge in [-0.3, -0.25) is 10.3 Å². The number of benzene rings is 2. The van der Waals surface area contributed by atoms with Crippen molar-refractivity contribution in [3.8, 4) is 17.1 Å². The number of hydrogen-bond donors (Lipinski definition) is 2. The van der Waals surface area contributed by atoms with Crippen molar-refractivity contribution in [1.29, 1.82) is 0 Å². The molecule has 0 aliphatic rings. The third-order valence-corrected chi connectivity index (χ3v) is 6.13. The molecular formula is C24H23F2N3O6P+. The van der Waals surface area contributed by atoms with E-state index < -0.39 is 19.5 Å². The summed E-state index contributed by atoms with van der Waals surface area (Å²) in [5.41, 5.74) is 9.09. The van der Waals surface area contributed by atoms with E-state index in [0.29, 0.717) is 23.4 Å². The molecule has 0 amide bonds. The lowest BCUT2D eigenvalue weighted by atomic mass is 10.1. The molecule has 4 rings (SSSR count). The predicted octanol–water partition coefficient (Wildman–Crippen LogP) is 4.38. The number of pyridine rings is 1. The summed E-state index contributed by atoms with van der Waals surface area (Å²) in [4.78, 5) is 9.42. The summed E-state index contributed by atoms with van der Waals surface area (Å²) in [5, 5.41) is 4.10. The van der Waals surface area contributed by atoms with Gasteiger partial charge in [-0.2, -0.15) is 0 Å². The number of hydrogen-bond acceptors (Lipinski definition) is 7. The number of nitrogens with zero attached hydrogens (tertiary/aromatic N) is 2. The lowest BCUT2D eigenvalue weighted by Gasteiger charge is -2.09. The van der Waals surface area contributed by atoms with Gasteiger partial charge in [-0.25, -0.2) is 22.4 Å². The highest BCUT2D eigenvalue weighted by atomic mass is 31.2. The second-order valence-electron chi connectivity index (χ2n) is 7.73. The monoisotopic (exact) mass is 518 g/mol. The van der Waals surface area contributed by atoms with Crippen molar-refractivity contribution in [1.82, 2.24) is 5.16 Å². The van der Waals surface area contributed by atoms with E-state index in [9.17, 15) is 18.2 Å². The maximum absolute atomic E-state index is 13.7. The Morgan fingerprint density at radius 2 is 1.86 bits per heavy atom. The van der Waals surface area contributed by atoms with Crippen LogP contribution >= 0.6 is 7.82 Å². The van der Waals surface area contributed by atoms with Gasteiger partial charge in [0.05, 0.1) is 11.9 Å². The van der Waals surface area contributed by atoms with Gasteiger partial charge in [0.25, 0.3) is 5.82 Å². The zero-order chi connectivity index (χ0) is 25.7. The van der Waals surface area contributed by atoms with E-state index in [4.69, 9.17) is 19.5 Å². The number of aromatic nitrogens is 2. The van der Waals surface area contributed by atoms with E-state index in [-0.39, 0.29) is 24.9 Å². The van der Waals surface area contributed by atoms with Crippen molar-refractivity contribution in [3.63, 3.8) is 0 Å². The summed E-state index contributed by atoms with van der Waals surface area (Å²) in [7, 11) is -3.09. The largest absolute Gasteiger partial charge is 0.486 e. The average Bonchev–Trinajstić information content (AvgIpc) is 3.33. The van der Waals surface area contributed by atoms with Crippen LogP contribution in [0.15, 0.2) is 71.4 Å². The molecule has 0 radical (unpaired) electrons. The molecule has 9 nitrogen and oxygen atoms in total. The fraction of sp³-hybridized carbons (Fsp3) is 0.167. The summed E-state index contributed by atoms with van der Waals surface area (Å²) in [6.07, 6.45) is 2.06. The van der Waals surface area contributed by atoms with Crippen molar-refractivity contribution in [2.75, 3.05) is 12.8 Å². The van der Waals surface area contributed by atoms with E-state index >= 15 is 0 Å². The van der Waals surface area contributed by atoms with Crippen LogP contribution in [0.1, 0.15) is 16.8 Å². The Morgan fingerprint density at radius 1 is 1.11 bits per heavy atom. The number of phosphoric acid groups is 1. The van der Waals surface area contributed by atoms with Gasteiger partial charge in [-0.05, 0) is 35.4 Å². The maximum Gasteiger partial charge on any atom is 0.475 e. The Kier molecular flexibility index (Phi) is 7.76. The second kappa shape index (κ2) is 11.0. The minimum atomic E-state index is -4.16. The molecule has 0 fully saturated rings. The van der Waals surface area contributed by atoms with Crippen LogP contribution in [0.4, 0.5) is 14.6 Å². The molecule has 4 aromatic rings. The molecule has 0 aliphatic carbocycles. The molecule has 2 aromatic heterocycles. The highest BCUT2D eigenvalue weighted by Crippen LogP contribution is 2.41. The fourth-order valence-corrected chi connectivity index (χ4v) is 3.68. The first kappa shape index (κ1) is 25.5. The molecule has 36 heavy (non-hydrogen) atoms.